The average molecular weight is 342 g/mol. The molecular weight excluding hydrogens is 310 g/mol. The average Bonchev–Trinajstić information content (AvgIpc) is 2.63. The second-order valence-corrected chi connectivity index (χ2v) is 6.25. The predicted molar refractivity (Wildman–Crippen MR) is 109 cm³/mol. The fraction of sp³-hybridized carbons (Fsp3) is 0.400. The number of nitrogens with one attached hydrogen (secondary N) is 3. The topological polar surface area (TPSA) is 88.1 Å². The quantitative estimate of drug-likeness (QED) is 0.302. The number of rotatable bonds is 12. The highest BCUT2D eigenvalue weighted by Gasteiger charge is 1.94. The Bertz CT molecular complexity index is 527. The maximum absolute atomic E-state index is 5.68. The van der Waals surface area contributed by atoms with E-state index >= 15 is 0 Å². The highest BCUT2D eigenvalue weighted by atomic mass is 14.9. The minimum Gasteiger partial charge on any atom is -0.399 e. The smallest absolute Gasteiger partial charge is 0.0341 e. The molecule has 25 heavy (non-hydrogen) atoms. The fourth-order valence-corrected chi connectivity index (χ4v) is 2.55. The molecule has 0 aromatic heterocycles. The van der Waals surface area contributed by atoms with Crippen LogP contribution in [0, 0.1) is 0 Å². The molecule has 0 aliphatic heterocycles. The molecule has 0 spiro atoms. The van der Waals surface area contributed by atoms with E-state index in [0.29, 0.717) is 0 Å². The van der Waals surface area contributed by atoms with Gasteiger partial charge in [0, 0.05) is 23.6 Å². The van der Waals surface area contributed by atoms with E-state index < -0.39 is 0 Å². The van der Waals surface area contributed by atoms with Crippen molar-refractivity contribution < 1.29 is 0 Å². The van der Waals surface area contributed by atoms with E-state index in [-0.39, 0.29) is 0 Å². The van der Waals surface area contributed by atoms with Gasteiger partial charge in [-0.3, -0.25) is 0 Å². The van der Waals surface area contributed by atoms with Crippen LogP contribution in [0.2, 0.25) is 0 Å². The van der Waals surface area contributed by atoms with E-state index in [9.17, 15) is 0 Å². The van der Waals surface area contributed by atoms with Crippen LogP contribution < -0.4 is 27.4 Å². The summed E-state index contributed by atoms with van der Waals surface area (Å²) in [6, 6.07) is 16.0. The Morgan fingerprint density at radius 3 is 1.76 bits per heavy atom. The number of anilines is 3. The van der Waals surface area contributed by atoms with E-state index in [4.69, 9.17) is 11.5 Å². The first-order valence-corrected chi connectivity index (χ1v) is 9.09. The van der Waals surface area contributed by atoms with Crippen molar-refractivity contribution in [1.82, 2.24) is 10.6 Å². The normalized spacial score (nSPS) is 10.7. The Balaban J connectivity index is 1.37. The Morgan fingerprint density at radius 1 is 0.600 bits per heavy atom. The largest absolute Gasteiger partial charge is 0.399 e. The lowest BCUT2D eigenvalue weighted by Crippen LogP contribution is -2.24. The summed E-state index contributed by atoms with van der Waals surface area (Å²) in [6.45, 7) is 5.11. The van der Waals surface area contributed by atoms with Crippen LogP contribution in [-0.4, -0.2) is 32.7 Å². The van der Waals surface area contributed by atoms with Crippen LogP contribution in [0.5, 0.6) is 0 Å². The summed E-state index contributed by atoms with van der Waals surface area (Å²) in [4.78, 5) is 0. The molecule has 0 fully saturated rings. The van der Waals surface area contributed by atoms with Gasteiger partial charge in [-0.05, 0) is 87.4 Å². The van der Waals surface area contributed by atoms with Gasteiger partial charge in [-0.25, -0.2) is 0 Å². The van der Waals surface area contributed by atoms with E-state index in [0.717, 1.165) is 69.0 Å². The third kappa shape index (κ3) is 8.42. The van der Waals surface area contributed by atoms with Crippen molar-refractivity contribution in [2.24, 2.45) is 0 Å². The number of benzene rings is 2. The van der Waals surface area contributed by atoms with Crippen LogP contribution in [-0.2, 0) is 6.42 Å². The van der Waals surface area contributed by atoms with Crippen LogP contribution >= 0.6 is 0 Å². The zero-order valence-corrected chi connectivity index (χ0v) is 14.9. The van der Waals surface area contributed by atoms with E-state index in [1.54, 1.807) is 0 Å². The third-order valence-electron chi connectivity index (χ3n) is 4.05. The van der Waals surface area contributed by atoms with Crippen molar-refractivity contribution in [1.29, 1.82) is 0 Å². The molecule has 2 aromatic rings. The van der Waals surface area contributed by atoms with E-state index in [2.05, 4.69) is 28.1 Å². The van der Waals surface area contributed by atoms with Crippen LogP contribution in [0.1, 0.15) is 18.4 Å². The lowest BCUT2D eigenvalue weighted by atomic mass is 10.1. The van der Waals surface area contributed by atoms with Gasteiger partial charge in [0.25, 0.3) is 0 Å². The number of hydrogen-bond donors (Lipinski definition) is 5. The molecular formula is C20H31N5. The van der Waals surface area contributed by atoms with Gasteiger partial charge in [0.2, 0.25) is 0 Å². The minimum absolute atomic E-state index is 0.800. The fourth-order valence-electron chi connectivity index (χ4n) is 2.55. The summed E-state index contributed by atoms with van der Waals surface area (Å²) in [5, 5.41) is 10.4. The van der Waals surface area contributed by atoms with Crippen LogP contribution in [0.4, 0.5) is 17.1 Å². The monoisotopic (exact) mass is 341 g/mol. The van der Waals surface area contributed by atoms with Crippen molar-refractivity contribution in [2.75, 3.05) is 49.5 Å². The Labute approximate surface area is 151 Å². The van der Waals surface area contributed by atoms with Gasteiger partial charge in [-0.2, -0.15) is 0 Å². The summed E-state index contributed by atoms with van der Waals surface area (Å²) in [5.74, 6) is 0. The van der Waals surface area contributed by atoms with Crippen molar-refractivity contribution in [3.8, 4) is 0 Å². The summed E-state index contributed by atoms with van der Waals surface area (Å²) >= 11 is 0. The van der Waals surface area contributed by atoms with Crippen molar-refractivity contribution in [3.63, 3.8) is 0 Å². The molecule has 0 unspecified atom stereocenters. The molecule has 5 nitrogen and oxygen atoms in total. The molecule has 0 saturated heterocycles. The van der Waals surface area contributed by atoms with E-state index in [1.165, 1.54) is 5.56 Å². The highest BCUT2D eigenvalue weighted by molar-refractivity contribution is 5.51. The van der Waals surface area contributed by atoms with Crippen molar-refractivity contribution in [3.05, 3.63) is 54.1 Å². The molecule has 2 aromatic carbocycles. The zero-order valence-electron chi connectivity index (χ0n) is 14.9. The van der Waals surface area contributed by atoms with Gasteiger partial charge in [0.1, 0.15) is 0 Å². The number of nitrogen functional groups attached to an aromatic ring is 2. The van der Waals surface area contributed by atoms with Gasteiger partial charge >= 0.3 is 0 Å². The molecule has 0 aliphatic rings. The second-order valence-electron chi connectivity index (χ2n) is 6.25. The maximum Gasteiger partial charge on any atom is 0.0341 e. The first-order valence-electron chi connectivity index (χ1n) is 9.09. The van der Waals surface area contributed by atoms with Gasteiger partial charge in [0.05, 0.1) is 0 Å². The summed E-state index contributed by atoms with van der Waals surface area (Å²) in [7, 11) is 0. The molecule has 0 saturated carbocycles. The first-order chi connectivity index (χ1) is 12.2. The number of nitrogens with two attached hydrogens (primary N) is 2. The molecule has 0 heterocycles. The Hall–Kier alpha value is -2.24. The van der Waals surface area contributed by atoms with Gasteiger partial charge in [-0.1, -0.05) is 12.1 Å². The SMILES string of the molecule is Nc1ccc(CCNCCCNCCCNc2ccc(N)cc2)cc1. The molecule has 5 heteroatoms. The van der Waals surface area contributed by atoms with Crippen LogP contribution in [0.25, 0.3) is 0 Å². The standard InChI is InChI=1S/C20H31N5/c21-18-5-3-17(4-6-18)11-16-24-13-1-12-23-14-2-15-25-20-9-7-19(22)8-10-20/h3-10,23-25H,1-2,11-16,21-22H2. The second kappa shape index (κ2) is 11.3. The summed E-state index contributed by atoms with van der Waals surface area (Å²) in [6.07, 6.45) is 3.30. The van der Waals surface area contributed by atoms with E-state index in [1.807, 2.05) is 36.4 Å². The molecule has 2 rings (SSSR count). The molecule has 7 N–H and O–H groups in total. The maximum atomic E-state index is 5.68. The summed E-state index contributed by atoms with van der Waals surface area (Å²) < 4.78 is 0. The molecule has 136 valence electrons. The molecule has 0 aliphatic carbocycles. The molecule has 0 atom stereocenters. The molecule has 0 amide bonds. The Morgan fingerprint density at radius 2 is 1.12 bits per heavy atom. The summed E-state index contributed by atoms with van der Waals surface area (Å²) in [5.41, 5.74) is 15.4. The first kappa shape index (κ1) is 19.1. The van der Waals surface area contributed by atoms with Crippen molar-refractivity contribution >= 4 is 17.1 Å². The Kier molecular flexibility index (Phi) is 8.66. The lowest BCUT2D eigenvalue weighted by Gasteiger charge is -2.08. The molecule has 0 bridgehead atoms. The lowest BCUT2D eigenvalue weighted by molar-refractivity contribution is 0.589. The predicted octanol–water partition coefficient (Wildman–Crippen LogP) is 2.46. The minimum atomic E-state index is 0.800. The third-order valence-corrected chi connectivity index (χ3v) is 4.05. The molecule has 0 radical (unpaired) electrons. The van der Waals surface area contributed by atoms with Gasteiger partial charge < -0.3 is 27.4 Å². The van der Waals surface area contributed by atoms with Crippen LogP contribution in [0.15, 0.2) is 48.5 Å². The zero-order chi connectivity index (χ0) is 17.7. The van der Waals surface area contributed by atoms with Crippen molar-refractivity contribution in [2.45, 2.75) is 19.3 Å². The van der Waals surface area contributed by atoms with Crippen LogP contribution in [0.3, 0.4) is 0 Å². The number of hydrogen-bond acceptors (Lipinski definition) is 5. The van der Waals surface area contributed by atoms with Gasteiger partial charge in [0.15, 0.2) is 0 Å². The highest BCUT2D eigenvalue weighted by Crippen LogP contribution is 2.10. The van der Waals surface area contributed by atoms with Gasteiger partial charge in [-0.15, -0.1) is 0 Å².